The van der Waals surface area contributed by atoms with E-state index in [1.165, 1.54) is 37.7 Å². The van der Waals surface area contributed by atoms with Crippen LogP contribution in [0.15, 0.2) is 11.4 Å². The summed E-state index contributed by atoms with van der Waals surface area (Å²) in [6.45, 7) is 1.10. The Morgan fingerprint density at radius 1 is 1.44 bits per heavy atom. The van der Waals surface area contributed by atoms with Gasteiger partial charge in [-0.3, -0.25) is 0 Å². The van der Waals surface area contributed by atoms with Crippen LogP contribution in [0.25, 0.3) is 0 Å². The molecule has 0 amide bonds. The van der Waals surface area contributed by atoms with Gasteiger partial charge in [-0.1, -0.05) is 12.8 Å². The third-order valence-electron chi connectivity index (χ3n) is 4.17. The Morgan fingerprint density at radius 2 is 2.25 bits per heavy atom. The molecule has 1 saturated carbocycles. The summed E-state index contributed by atoms with van der Waals surface area (Å²) in [6.07, 6.45) is 6.22. The Morgan fingerprint density at radius 3 is 3.00 bits per heavy atom. The van der Waals surface area contributed by atoms with Gasteiger partial charge in [-0.2, -0.15) is 0 Å². The molecule has 1 aromatic rings. The molecule has 1 unspecified atom stereocenters. The number of fused-ring (bicyclic) bond motifs is 1. The zero-order chi connectivity index (χ0) is 11.0. The highest BCUT2D eigenvalue weighted by Gasteiger charge is 2.44. The maximum absolute atomic E-state index is 5.91. The van der Waals surface area contributed by atoms with Gasteiger partial charge in [-0.15, -0.1) is 11.3 Å². The predicted octanol–water partition coefficient (Wildman–Crippen LogP) is 2.89. The maximum atomic E-state index is 5.91. The van der Waals surface area contributed by atoms with Gasteiger partial charge in [0.1, 0.15) is 0 Å². The van der Waals surface area contributed by atoms with Crippen molar-refractivity contribution < 1.29 is 4.74 Å². The monoisotopic (exact) mass is 237 g/mol. The van der Waals surface area contributed by atoms with E-state index in [9.17, 15) is 0 Å². The van der Waals surface area contributed by atoms with Gasteiger partial charge in [-0.25, -0.2) is 0 Å². The zero-order valence-electron chi connectivity index (χ0n) is 9.79. The minimum absolute atomic E-state index is 0.0657. The lowest BCUT2D eigenvalue weighted by Crippen LogP contribution is -2.46. The molecular formula is C13H19NOS. The molecule has 3 rings (SSSR count). The topological polar surface area (TPSA) is 21.3 Å². The summed E-state index contributed by atoms with van der Waals surface area (Å²) in [6, 6.07) is 2.71. The molecule has 2 aliphatic rings. The van der Waals surface area contributed by atoms with Crippen molar-refractivity contribution in [2.45, 2.75) is 43.7 Å². The van der Waals surface area contributed by atoms with E-state index in [0.29, 0.717) is 6.04 Å². The minimum Gasteiger partial charge on any atom is -0.376 e. The average Bonchev–Trinajstić information content (AvgIpc) is 2.98. The zero-order valence-corrected chi connectivity index (χ0v) is 10.6. The summed E-state index contributed by atoms with van der Waals surface area (Å²) < 4.78 is 5.91. The van der Waals surface area contributed by atoms with Crippen LogP contribution < -0.4 is 5.32 Å². The van der Waals surface area contributed by atoms with Crippen molar-refractivity contribution in [1.29, 1.82) is 0 Å². The van der Waals surface area contributed by atoms with Crippen LogP contribution in [0, 0.1) is 0 Å². The summed E-state index contributed by atoms with van der Waals surface area (Å²) >= 11 is 1.90. The number of thiophene rings is 1. The molecule has 2 nitrogen and oxygen atoms in total. The summed E-state index contributed by atoms with van der Waals surface area (Å²) in [5, 5.41) is 5.90. The van der Waals surface area contributed by atoms with Crippen LogP contribution in [0.1, 0.15) is 42.2 Å². The van der Waals surface area contributed by atoms with Crippen molar-refractivity contribution in [1.82, 2.24) is 5.32 Å². The minimum atomic E-state index is 0.0657. The van der Waals surface area contributed by atoms with E-state index in [1.54, 1.807) is 4.88 Å². The first-order chi connectivity index (χ1) is 7.86. The molecule has 16 heavy (non-hydrogen) atoms. The third kappa shape index (κ3) is 1.53. The van der Waals surface area contributed by atoms with E-state index >= 15 is 0 Å². The molecule has 0 spiro atoms. The van der Waals surface area contributed by atoms with Gasteiger partial charge in [0.2, 0.25) is 0 Å². The standard InChI is InChI=1S/C13H19NOS/c1-15-13(6-2-3-7-13)12-10-5-9-16-11(10)4-8-14-12/h5,9,12,14H,2-4,6-8H2,1H3. The fourth-order valence-corrected chi connectivity index (χ4v) is 4.23. The first-order valence-electron chi connectivity index (χ1n) is 6.20. The number of methoxy groups -OCH3 is 1. The van der Waals surface area contributed by atoms with Crippen LogP contribution >= 0.6 is 11.3 Å². The molecule has 0 saturated heterocycles. The Labute approximate surface area is 101 Å². The second kappa shape index (κ2) is 4.13. The maximum Gasteiger partial charge on any atom is 0.0872 e. The third-order valence-corrected chi connectivity index (χ3v) is 5.17. The van der Waals surface area contributed by atoms with Crippen LogP contribution in [0.2, 0.25) is 0 Å². The van der Waals surface area contributed by atoms with Crippen molar-refractivity contribution in [2.75, 3.05) is 13.7 Å². The first-order valence-corrected chi connectivity index (χ1v) is 7.08. The van der Waals surface area contributed by atoms with Crippen LogP contribution in [0.3, 0.4) is 0 Å². The SMILES string of the molecule is COC1(C2NCCc3sccc32)CCCC1. The second-order valence-corrected chi connectivity index (χ2v) is 5.91. The lowest BCUT2D eigenvalue weighted by atomic mass is 9.85. The van der Waals surface area contributed by atoms with Crippen LogP contribution in [0.4, 0.5) is 0 Å². The molecule has 1 atom stereocenters. The van der Waals surface area contributed by atoms with Crippen molar-refractivity contribution in [3.63, 3.8) is 0 Å². The van der Waals surface area contributed by atoms with Crippen LogP contribution in [0.5, 0.6) is 0 Å². The molecule has 0 bridgehead atoms. The van der Waals surface area contributed by atoms with Gasteiger partial charge in [-0.05, 0) is 36.3 Å². The normalized spacial score (nSPS) is 27.9. The molecule has 1 aromatic heterocycles. The molecule has 88 valence electrons. The number of hydrogen-bond acceptors (Lipinski definition) is 3. The van der Waals surface area contributed by atoms with E-state index in [2.05, 4.69) is 16.8 Å². The highest BCUT2D eigenvalue weighted by molar-refractivity contribution is 7.10. The summed E-state index contributed by atoms with van der Waals surface area (Å²) in [5.74, 6) is 0. The molecule has 0 aromatic carbocycles. The van der Waals surface area contributed by atoms with Crippen LogP contribution in [-0.4, -0.2) is 19.3 Å². The van der Waals surface area contributed by atoms with E-state index in [0.717, 1.165) is 6.54 Å². The number of nitrogens with one attached hydrogen (secondary N) is 1. The van der Waals surface area contributed by atoms with Gasteiger partial charge in [0.05, 0.1) is 11.6 Å². The van der Waals surface area contributed by atoms with Gasteiger partial charge in [0, 0.05) is 18.5 Å². The van der Waals surface area contributed by atoms with Gasteiger partial charge < -0.3 is 10.1 Å². The second-order valence-electron chi connectivity index (χ2n) is 4.91. The van der Waals surface area contributed by atoms with E-state index in [4.69, 9.17) is 4.74 Å². The summed E-state index contributed by atoms with van der Waals surface area (Å²) in [4.78, 5) is 1.56. The summed E-state index contributed by atoms with van der Waals surface area (Å²) in [7, 11) is 1.88. The van der Waals surface area contributed by atoms with Crippen molar-refractivity contribution in [3.8, 4) is 0 Å². The Kier molecular flexibility index (Phi) is 2.78. The Bertz CT molecular complexity index is 368. The predicted molar refractivity (Wildman–Crippen MR) is 67.0 cm³/mol. The van der Waals surface area contributed by atoms with Crippen molar-refractivity contribution in [3.05, 3.63) is 21.9 Å². The van der Waals surface area contributed by atoms with Crippen molar-refractivity contribution >= 4 is 11.3 Å². The number of ether oxygens (including phenoxy) is 1. The highest BCUT2D eigenvalue weighted by atomic mass is 32.1. The van der Waals surface area contributed by atoms with Crippen molar-refractivity contribution in [2.24, 2.45) is 0 Å². The van der Waals surface area contributed by atoms with E-state index in [1.807, 2.05) is 18.4 Å². The average molecular weight is 237 g/mol. The van der Waals surface area contributed by atoms with Gasteiger partial charge in [0.25, 0.3) is 0 Å². The smallest absolute Gasteiger partial charge is 0.0872 e. The lowest BCUT2D eigenvalue weighted by Gasteiger charge is -2.39. The summed E-state index contributed by atoms with van der Waals surface area (Å²) in [5.41, 5.74) is 1.57. The first kappa shape index (κ1) is 10.8. The Hall–Kier alpha value is -0.380. The fourth-order valence-electron chi connectivity index (χ4n) is 3.30. The Balaban J connectivity index is 1.96. The molecule has 1 fully saturated rings. The van der Waals surface area contributed by atoms with Gasteiger partial charge in [0.15, 0.2) is 0 Å². The highest BCUT2D eigenvalue weighted by Crippen LogP contribution is 2.45. The number of rotatable bonds is 2. The molecule has 2 heterocycles. The molecule has 0 radical (unpaired) electrons. The largest absolute Gasteiger partial charge is 0.376 e. The molecule has 1 N–H and O–H groups in total. The van der Waals surface area contributed by atoms with E-state index in [-0.39, 0.29) is 5.60 Å². The van der Waals surface area contributed by atoms with E-state index < -0.39 is 0 Å². The van der Waals surface area contributed by atoms with Crippen LogP contribution in [-0.2, 0) is 11.2 Å². The fraction of sp³-hybridized carbons (Fsp3) is 0.692. The molecule has 3 heteroatoms. The molecule has 1 aliphatic heterocycles. The lowest BCUT2D eigenvalue weighted by molar-refractivity contribution is -0.0381. The molecule has 1 aliphatic carbocycles. The van der Waals surface area contributed by atoms with Gasteiger partial charge >= 0.3 is 0 Å². The number of hydrogen-bond donors (Lipinski definition) is 1. The quantitative estimate of drug-likeness (QED) is 0.854. The molecular weight excluding hydrogens is 218 g/mol.